The number of rotatable bonds is 3. The number of hydrogen-bond acceptors (Lipinski definition) is 3. The van der Waals surface area contributed by atoms with Gasteiger partial charge in [-0.05, 0) is 13.8 Å². The van der Waals surface area contributed by atoms with Gasteiger partial charge in [-0.15, -0.1) is 11.3 Å². The van der Waals surface area contributed by atoms with Gasteiger partial charge in [0.2, 0.25) is 5.91 Å². The summed E-state index contributed by atoms with van der Waals surface area (Å²) in [6.07, 6.45) is 2.22. The molecule has 1 aromatic heterocycles. The summed E-state index contributed by atoms with van der Waals surface area (Å²) in [5, 5.41) is 0. The molecule has 0 unspecified atom stereocenters. The van der Waals surface area contributed by atoms with Crippen LogP contribution < -0.4 is 0 Å². The first-order valence-corrected chi connectivity index (χ1v) is 5.12. The van der Waals surface area contributed by atoms with E-state index in [0.717, 1.165) is 4.88 Å². The summed E-state index contributed by atoms with van der Waals surface area (Å²) in [6, 6.07) is 0.264. The van der Waals surface area contributed by atoms with E-state index in [1.165, 1.54) is 11.3 Å². The van der Waals surface area contributed by atoms with Crippen molar-refractivity contribution in [1.82, 2.24) is 9.88 Å². The Hall–Kier alpha value is -0.900. The SMILES string of the molecule is CC(C)N(C)C(=O)Cc1cncs1. The molecule has 4 heteroatoms. The van der Waals surface area contributed by atoms with Crippen LogP contribution >= 0.6 is 11.3 Å². The van der Waals surface area contributed by atoms with E-state index >= 15 is 0 Å². The van der Waals surface area contributed by atoms with E-state index < -0.39 is 0 Å². The van der Waals surface area contributed by atoms with Crippen molar-refractivity contribution in [2.24, 2.45) is 0 Å². The maximum absolute atomic E-state index is 11.6. The van der Waals surface area contributed by atoms with Gasteiger partial charge < -0.3 is 4.90 Å². The average molecular weight is 198 g/mol. The second kappa shape index (κ2) is 4.37. The first kappa shape index (κ1) is 10.2. The zero-order valence-corrected chi connectivity index (χ0v) is 8.97. The molecule has 0 N–H and O–H groups in total. The van der Waals surface area contributed by atoms with Crippen molar-refractivity contribution in [2.75, 3.05) is 7.05 Å². The maximum Gasteiger partial charge on any atom is 0.227 e. The quantitative estimate of drug-likeness (QED) is 0.738. The van der Waals surface area contributed by atoms with Crippen LogP contribution in [0.15, 0.2) is 11.7 Å². The standard InChI is InChI=1S/C9H14N2OS/c1-7(2)11(3)9(12)4-8-5-10-6-13-8/h5-7H,4H2,1-3H3. The van der Waals surface area contributed by atoms with E-state index in [9.17, 15) is 4.79 Å². The molecule has 13 heavy (non-hydrogen) atoms. The van der Waals surface area contributed by atoms with Crippen LogP contribution in [0.1, 0.15) is 18.7 Å². The van der Waals surface area contributed by atoms with Crippen LogP contribution in [-0.2, 0) is 11.2 Å². The molecule has 72 valence electrons. The lowest BCUT2D eigenvalue weighted by atomic mass is 10.3. The van der Waals surface area contributed by atoms with Gasteiger partial charge in [0.25, 0.3) is 0 Å². The zero-order valence-electron chi connectivity index (χ0n) is 8.15. The molecule has 0 aliphatic rings. The zero-order chi connectivity index (χ0) is 9.84. The van der Waals surface area contributed by atoms with Gasteiger partial charge in [-0.1, -0.05) is 0 Å². The van der Waals surface area contributed by atoms with Gasteiger partial charge in [-0.25, -0.2) is 0 Å². The first-order valence-electron chi connectivity index (χ1n) is 4.24. The minimum Gasteiger partial charge on any atom is -0.343 e. The van der Waals surface area contributed by atoms with Crippen molar-refractivity contribution in [3.63, 3.8) is 0 Å². The molecule has 0 saturated carbocycles. The fourth-order valence-corrected chi connectivity index (χ4v) is 1.48. The summed E-state index contributed by atoms with van der Waals surface area (Å²) in [7, 11) is 1.83. The number of thiazole rings is 1. The van der Waals surface area contributed by atoms with Crippen LogP contribution in [0.4, 0.5) is 0 Å². The summed E-state index contributed by atoms with van der Waals surface area (Å²) < 4.78 is 0. The number of carbonyl (C=O) groups is 1. The Morgan fingerprint density at radius 3 is 2.85 bits per heavy atom. The molecule has 0 atom stereocenters. The van der Waals surface area contributed by atoms with Gasteiger partial charge in [0.15, 0.2) is 0 Å². The molecule has 1 heterocycles. The van der Waals surface area contributed by atoms with Gasteiger partial charge in [0.05, 0.1) is 11.9 Å². The van der Waals surface area contributed by atoms with Crippen LogP contribution in [0.5, 0.6) is 0 Å². The van der Waals surface area contributed by atoms with Crippen molar-refractivity contribution in [2.45, 2.75) is 26.3 Å². The Bertz CT molecular complexity index is 269. The molecule has 0 aliphatic carbocycles. The highest BCUT2D eigenvalue weighted by Gasteiger charge is 2.12. The number of carbonyl (C=O) groups excluding carboxylic acids is 1. The molecule has 0 radical (unpaired) electrons. The van der Waals surface area contributed by atoms with E-state index in [0.29, 0.717) is 6.42 Å². The molecule has 0 fully saturated rings. The molecular weight excluding hydrogens is 184 g/mol. The molecule has 0 aliphatic heterocycles. The highest BCUT2D eigenvalue weighted by atomic mass is 32.1. The monoisotopic (exact) mass is 198 g/mol. The Kier molecular flexibility index (Phi) is 3.42. The maximum atomic E-state index is 11.6. The molecule has 1 amide bonds. The molecule has 1 aromatic rings. The van der Waals surface area contributed by atoms with E-state index in [1.54, 1.807) is 16.6 Å². The van der Waals surface area contributed by atoms with E-state index in [4.69, 9.17) is 0 Å². The van der Waals surface area contributed by atoms with Gasteiger partial charge in [-0.3, -0.25) is 9.78 Å². The van der Waals surface area contributed by atoms with Crippen molar-refractivity contribution < 1.29 is 4.79 Å². The van der Waals surface area contributed by atoms with Crippen molar-refractivity contribution in [3.05, 3.63) is 16.6 Å². The number of nitrogens with zero attached hydrogens (tertiary/aromatic N) is 2. The van der Waals surface area contributed by atoms with Crippen LogP contribution in [0, 0.1) is 0 Å². The van der Waals surface area contributed by atoms with Crippen LogP contribution in [0.2, 0.25) is 0 Å². The third-order valence-electron chi connectivity index (χ3n) is 1.98. The van der Waals surface area contributed by atoms with Gasteiger partial charge in [0.1, 0.15) is 0 Å². The molecule has 0 spiro atoms. The lowest BCUT2D eigenvalue weighted by Gasteiger charge is -2.20. The summed E-state index contributed by atoms with van der Waals surface area (Å²) in [5.41, 5.74) is 1.75. The minimum atomic E-state index is 0.152. The number of hydrogen-bond donors (Lipinski definition) is 0. The summed E-state index contributed by atoms with van der Waals surface area (Å²) >= 11 is 1.52. The van der Waals surface area contributed by atoms with E-state index in [2.05, 4.69) is 4.98 Å². The molecule has 0 aromatic carbocycles. The Balaban J connectivity index is 2.51. The largest absolute Gasteiger partial charge is 0.343 e. The Labute approximate surface area is 82.4 Å². The first-order chi connectivity index (χ1) is 6.11. The second-order valence-corrected chi connectivity index (χ2v) is 4.21. The number of likely N-dealkylation sites (N-methyl/N-ethyl adjacent to an activating group) is 1. The lowest BCUT2D eigenvalue weighted by molar-refractivity contribution is -0.130. The summed E-state index contributed by atoms with van der Waals surface area (Å²) in [4.78, 5) is 18.3. The van der Waals surface area contributed by atoms with Crippen molar-refractivity contribution >= 4 is 17.2 Å². The van der Waals surface area contributed by atoms with Crippen molar-refractivity contribution in [1.29, 1.82) is 0 Å². The number of aromatic nitrogens is 1. The van der Waals surface area contributed by atoms with E-state index in [1.807, 2.05) is 20.9 Å². The predicted molar refractivity (Wildman–Crippen MR) is 53.7 cm³/mol. The minimum absolute atomic E-state index is 0.152. The van der Waals surface area contributed by atoms with Crippen LogP contribution in [0.25, 0.3) is 0 Å². The Morgan fingerprint density at radius 2 is 2.38 bits per heavy atom. The molecular formula is C9H14N2OS. The lowest BCUT2D eigenvalue weighted by Crippen LogP contribution is -2.33. The fourth-order valence-electron chi connectivity index (χ4n) is 0.891. The van der Waals surface area contributed by atoms with Crippen molar-refractivity contribution in [3.8, 4) is 0 Å². The van der Waals surface area contributed by atoms with Crippen LogP contribution in [-0.4, -0.2) is 28.9 Å². The molecule has 0 saturated heterocycles. The van der Waals surface area contributed by atoms with Gasteiger partial charge >= 0.3 is 0 Å². The summed E-state index contributed by atoms with van der Waals surface area (Å²) in [6.45, 7) is 4.01. The smallest absolute Gasteiger partial charge is 0.227 e. The van der Waals surface area contributed by atoms with E-state index in [-0.39, 0.29) is 11.9 Å². The highest BCUT2D eigenvalue weighted by molar-refractivity contribution is 7.09. The third kappa shape index (κ3) is 2.81. The topological polar surface area (TPSA) is 33.2 Å². The predicted octanol–water partition coefficient (Wildman–Crippen LogP) is 1.55. The number of amides is 1. The second-order valence-electron chi connectivity index (χ2n) is 3.24. The summed E-state index contributed by atoms with van der Waals surface area (Å²) in [5.74, 6) is 0.152. The molecule has 3 nitrogen and oxygen atoms in total. The Morgan fingerprint density at radius 1 is 1.69 bits per heavy atom. The average Bonchev–Trinajstić information content (AvgIpc) is 2.55. The third-order valence-corrected chi connectivity index (χ3v) is 2.76. The van der Waals surface area contributed by atoms with Crippen LogP contribution in [0.3, 0.4) is 0 Å². The normalized spacial score (nSPS) is 10.5. The fraction of sp³-hybridized carbons (Fsp3) is 0.556. The van der Waals surface area contributed by atoms with Gasteiger partial charge in [0, 0.05) is 24.2 Å². The molecule has 1 rings (SSSR count). The van der Waals surface area contributed by atoms with Gasteiger partial charge in [-0.2, -0.15) is 0 Å². The highest BCUT2D eigenvalue weighted by Crippen LogP contribution is 2.08. The molecule has 0 bridgehead atoms.